The van der Waals surface area contributed by atoms with Gasteiger partial charge in [-0.3, -0.25) is 9.69 Å². The molecule has 2 N–H and O–H groups in total. The maximum atomic E-state index is 14.3. The molecule has 2 aromatic rings. The molecule has 174 valence electrons. The average molecular weight is 472 g/mol. The highest BCUT2D eigenvalue weighted by atomic mass is 32.2. The van der Waals surface area contributed by atoms with E-state index in [1.54, 1.807) is 25.1 Å². The number of sulfonamides is 1. The molecule has 1 aliphatic rings. The Bertz CT molecular complexity index is 1100. The molecule has 0 saturated carbocycles. The second kappa shape index (κ2) is 9.69. The maximum absolute atomic E-state index is 14.3. The molecule has 1 aromatic carbocycles. The smallest absolute Gasteiger partial charge is 0.316 e. The molecule has 0 saturated heterocycles. The van der Waals surface area contributed by atoms with Crippen LogP contribution in [-0.4, -0.2) is 61.0 Å². The first kappa shape index (κ1) is 23.7. The van der Waals surface area contributed by atoms with E-state index in [1.165, 1.54) is 0 Å². The lowest BCUT2D eigenvalue weighted by Gasteiger charge is -2.25. The third kappa shape index (κ3) is 5.65. The van der Waals surface area contributed by atoms with Crippen LogP contribution in [-0.2, 0) is 21.2 Å². The summed E-state index contributed by atoms with van der Waals surface area (Å²) in [7, 11) is -3.46. The van der Waals surface area contributed by atoms with Crippen LogP contribution >= 0.6 is 0 Å². The van der Waals surface area contributed by atoms with Gasteiger partial charge in [-0.2, -0.15) is 13.8 Å². The van der Waals surface area contributed by atoms with E-state index in [9.17, 15) is 26.4 Å². The summed E-state index contributed by atoms with van der Waals surface area (Å²) in [5.41, 5.74) is 1.92. The van der Waals surface area contributed by atoms with Crippen molar-refractivity contribution in [2.24, 2.45) is 0 Å². The van der Waals surface area contributed by atoms with Crippen molar-refractivity contribution in [2.75, 3.05) is 41.4 Å². The van der Waals surface area contributed by atoms with Gasteiger partial charge >= 0.3 is 6.55 Å². The Morgan fingerprint density at radius 2 is 2.03 bits per heavy atom. The Kier molecular flexibility index (Phi) is 7.19. The Balaban J connectivity index is 1.75. The molecule has 1 aromatic heterocycles. The molecule has 0 bridgehead atoms. The summed E-state index contributed by atoms with van der Waals surface area (Å²) >= 11 is 0. The fourth-order valence-electron chi connectivity index (χ4n) is 3.31. The highest BCUT2D eigenvalue weighted by Gasteiger charge is 2.24. The fourth-order valence-corrected chi connectivity index (χ4v) is 4.24. The van der Waals surface area contributed by atoms with Gasteiger partial charge in [0.2, 0.25) is 21.9 Å². The van der Waals surface area contributed by atoms with Gasteiger partial charge in [-0.1, -0.05) is 13.0 Å². The Morgan fingerprint density at radius 1 is 1.28 bits per heavy atom. The largest absolute Gasteiger partial charge is 0.325 e. The molecule has 0 fully saturated rings. The molecule has 3 rings (SSSR count). The van der Waals surface area contributed by atoms with Crippen molar-refractivity contribution in [1.82, 2.24) is 14.3 Å². The van der Waals surface area contributed by atoms with Gasteiger partial charge in [-0.25, -0.2) is 22.1 Å². The third-order valence-electron chi connectivity index (χ3n) is 4.85. The molecule has 32 heavy (non-hydrogen) atoms. The van der Waals surface area contributed by atoms with Crippen molar-refractivity contribution in [2.45, 2.75) is 26.3 Å². The SMILES string of the molecule is CCN(CCCN(c1nc(Nc2ccc3c(c2)NC(=O)C3)ncc1F)C(F)F)S(C)(=O)=O. The minimum Gasteiger partial charge on any atom is -0.325 e. The van der Waals surface area contributed by atoms with Crippen LogP contribution in [0.15, 0.2) is 24.4 Å². The van der Waals surface area contributed by atoms with Gasteiger partial charge in [0.15, 0.2) is 11.6 Å². The molecular weight excluding hydrogens is 449 g/mol. The van der Waals surface area contributed by atoms with Gasteiger partial charge in [0.05, 0.1) is 18.9 Å². The van der Waals surface area contributed by atoms with Crippen molar-refractivity contribution in [3.63, 3.8) is 0 Å². The number of hydrogen-bond acceptors (Lipinski definition) is 7. The predicted molar refractivity (Wildman–Crippen MR) is 114 cm³/mol. The second-order valence-corrected chi connectivity index (χ2v) is 9.15. The Hall–Kier alpha value is -2.93. The molecule has 0 unspecified atom stereocenters. The number of alkyl halides is 2. The number of rotatable bonds is 10. The standard InChI is InChI=1S/C19H23F3N6O3S/c1-3-27(32(2,30)31)7-4-8-28(18(21)22)17-14(20)11-23-19(26-17)24-13-6-5-12-9-16(29)25-15(12)10-13/h5-6,10-11,18H,3-4,7-9H2,1-2H3,(H,25,29)(H,23,24,26). The van der Waals surface area contributed by atoms with Crippen molar-refractivity contribution >= 4 is 39.1 Å². The first-order valence-electron chi connectivity index (χ1n) is 9.80. The third-order valence-corrected chi connectivity index (χ3v) is 6.23. The monoisotopic (exact) mass is 472 g/mol. The second-order valence-electron chi connectivity index (χ2n) is 7.17. The average Bonchev–Trinajstić information content (AvgIpc) is 3.08. The van der Waals surface area contributed by atoms with Gasteiger partial charge in [0.1, 0.15) is 0 Å². The van der Waals surface area contributed by atoms with Crippen LogP contribution in [0.3, 0.4) is 0 Å². The minimum atomic E-state index is -3.46. The van der Waals surface area contributed by atoms with E-state index in [2.05, 4.69) is 20.6 Å². The zero-order chi connectivity index (χ0) is 23.5. The van der Waals surface area contributed by atoms with E-state index < -0.39 is 28.2 Å². The van der Waals surface area contributed by atoms with Gasteiger partial charge in [-0.05, 0) is 24.1 Å². The van der Waals surface area contributed by atoms with Crippen LogP contribution in [0, 0.1) is 5.82 Å². The molecule has 0 radical (unpaired) electrons. The summed E-state index contributed by atoms with van der Waals surface area (Å²) in [6.45, 7) is -1.53. The summed E-state index contributed by atoms with van der Waals surface area (Å²) in [4.78, 5) is 19.6. The summed E-state index contributed by atoms with van der Waals surface area (Å²) in [5, 5.41) is 5.50. The summed E-state index contributed by atoms with van der Waals surface area (Å²) in [6.07, 6.45) is 2.13. The predicted octanol–water partition coefficient (Wildman–Crippen LogP) is 2.55. The summed E-state index contributed by atoms with van der Waals surface area (Å²) < 4.78 is 66.1. The van der Waals surface area contributed by atoms with Gasteiger partial charge in [0.25, 0.3) is 0 Å². The van der Waals surface area contributed by atoms with Crippen LogP contribution < -0.4 is 15.5 Å². The molecule has 0 atom stereocenters. The van der Waals surface area contributed by atoms with Crippen molar-refractivity contribution in [3.8, 4) is 0 Å². The lowest BCUT2D eigenvalue weighted by Crippen LogP contribution is -2.36. The van der Waals surface area contributed by atoms with Crippen LogP contribution in [0.25, 0.3) is 0 Å². The number of carbonyl (C=O) groups is 1. The first-order valence-corrected chi connectivity index (χ1v) is 11.7. The van der Waals surface area contributed by atoms with E-state index >= 15 is 0 Å². The number of halogens is 3. The minimum absolute atomic E-state index is 0.0111. The molecule has 0 spiro atoms. The molecule has 2 heterocycles. The number of aromatic nitrogens is 2. The van der Waals surface area contributed by atoms with Gasteiger partial charge in [0, 0.05) is 31.0 Å². The zero-order valence-corrected chi connectivity index (χ0v) is 18.3. The number of nitrogens with zero attached hydrogens (tertiary/aromatic N) is 4. The topological polar surface area (TPSA) is 108 Å². The summed E-state index contributed by atoms with van der Waals surface area (Å²) in [6, 6.07) is 5.04. The Morgan fingerprint density at radius 3 is 2.69 bits per heavy atom. The fraction of sp³-hybridized carbons (Fsp3) is 0.421. The number of anilines is 4. The maximum Gasteiger partial charge on any atom is 0.316 e. The van der Waals surface area contributed by atoms with E-state index in [0.29, 0.717) is 16.3 Å². The van der Waals surface area contributed by atoms with Crippen LogP contribution in [0.4, 0.5) is 36.3 Å². The highest BCUT2D eigenvalue weighted by Crippen LogP contribution is 2.28. The van der Waals surface area contributed by atoms with Crippen molar-refractivity contribution in [1.29, 1.82) is 0 Å². The summed E-state index contributed by atoms with van der Waals surface area (Å²) in [5.74, 6) is -1.88. The van der Waals surface area contributed by atoms with Crippen molar-refractivity contribution in [3.05, 3.63) is 35.8 Å². The number of amides is 1. The zero-order valence-electron chi connectivity index (χ0n) is 17.5. The number of hydrogen-bond donors (Lipinski definition) is 2. The van der Waals surface area contributed by atoms with Gasteiger partial charge in [-0.15, -0.1) is 0 Å². The van der Waals surface area contributed by atoms with E-state index in [1.807, 2.05) is 0 Å². The van der Waals surface area contributed by atoms with E-state index in [4.69, 9.17) is 0 Å². The molecule has 0 aliphatic carbocycles. The lowest BCUT2D eigenvalue weighted by molar-refractivity contribution is -0.115. The molecule has 9 nitrogen and oxygen atoms in total. The highest BCUT2D eigenvalue weighted by molar-refractivity contribution is 7.88. The normalized spacial score (nSPS) is 13.4. The van der Waals surface area contributed by atoms with Crippen LogP contribution in [0.2, 0.25) is 0 Å². The van der Waals surface area contributed by atoms with Crippen LogP contribution in [0.1, 0.15) is 18.9 Å². The molecule has 1 aliphatic heterocycles. The molecular formula is C19H23F3N6O3S. The van der Waals surface area contributed by atoms with Crippen molar-refractivity contribution < 1.29 is 26.4 Å². The number of benzene rings is 1. The lowest BCUT2D eigenvalue weighted by atomic mass is 10.1. The quantitative estimate of drug-likeness (QED) is 0.512. The number of fused-ring (bicyclic) bond motifs is 1. The number of nitrogens with one attached hydrogen (secondary N) is 2. The van der Waals surface area contributed by atoms with Crippen LogP contribution in [0.5, 0.6) is 0 Å². The first-order chi connectivity index (χ1) is 15.1. The molecule has 13 heteroatoms. The number of carbonyl (C=O) groups excluding carboxylic acids is 1. The Labute approximate surface area is 183 Å². The molecule has 1 amide bonds. The van der Waals surface area contributed by atoms with Gasteiger partial charge < -0.3 is 10.6 Å². The van der Waals surface area contributed by atoms with E-state index in [-0.39, 0.29) is 44.3 Å². The van der Waals surface area contributed by atoms with E-state index in [0.717, 1.165) is 22.3 Å².